The van der Waals surface area contributed by atoms with Crippen LogP contribution in [0.3, 0.4) is 0 Å². The lowest BCUT2D eigenvalue weighted by Gasteiger charge is -2.19. The molecule has 1 aliphatic carbocycles. The highest BCUT2D eigenvalue weighted by molar-refractivity contribution is 5.98. The van der Waals surface area contributed by atoms with Crippen LogP contribution in [0.2, 0.25) is 0 Å². The van der Waals surface area contributed by atoms with Gasteiger partial charge in [0, 0.05) is 44.4 Å². The topological polar surface area (TPSA) is 81.2 Å². The van der Waals surface area contributed by atoms with Gasteiger partial charge in [0.25, 0.3) is 0 Å². The summed E-state index contributed by atoms with van der Waals surface area (Å²) in [6.07, 6.45) is 9.50. The summed E-state index contributed by atoms with van der Waals surface area (Å²) in [5, 5.41) is 32.0. The van der Waals surface area contributed by atoms with Crippen molar-refractivity contribution in [2.45, 2.75) is 19.8 Å². The monoisotopic (exact) mass is 653 g/mol. The van der Waals surface area contributed by atoms with Gasteiger partial charge in [0.1, 0.15) is 0 Å². The number of para-hydroxylation sites is 2. The number of hydrogen-bond acceptors (Lipinski definition) is 3. The molecule has 0 fully saturated rings. The smallest absolute Gasteiger partial charge is 0.0992 e. The molecule has 51 heavy (non-hydrogen) atoms. The minimum atomic E-state index is 0.546. The molecule has 7 aromatic rings. The first-order valence-electron chi connectivity index (χ1n) is 16.9. The van der Waals surface area contributed by atoms with Crippen LogP contribution < -0.4 is 0 Å². The maximum atomic E-state index is 10.1. The lowest BCUT2D eigenvalue weighted by atomic mass is 9.91. The Morgan fingerprint density at radius 3 is 2.10 bits per heavy atom. The molecule has 5 aromatic carbocycles. The highest BCUT2D eigenvalue weighted by Gasteiger charge is 2.23. The number of rotatable bonds is 6. The van der Waals surface area contributed by atoms with Crippen molar-refractivity contribution in [1.82, 2.24) is 9.13 Å². The third-order valence-electron chi connectivity index (χ3n) is 9.81. The Hall–Kier alpha value is -7.13. The van der Waals surface area contributed by atoms with E-state index >= 15 is 0 Å². The second-order valence-corrected chi connectivity index (χ2v) is 12.6. The summed E-state index contributed by atoms with van der Waals surface area (Å²) >= 11 is 0. The molecule has 0 saturated heterocycles. The van der Waals surface area contributed by atoms with E-state index in [4.69, 9.17) is 0 Å². The molecule has 0 N–H and O–H groups in total. The van der Waals surface area contributed by atoms with Gasteiger partial charge >= 0.3 is 0 Å². The number of hydrogen-bond donors (Lipinski definition) is 0. The number of benzene rings is 5. The lowest BCUT2D eigenvalue weighted by Crippen LogP contribution is -2.05. The average Bonchev–Trinajstić information content (AvgIpc) is 3.69. The van der Waals surface area contributed by atoms with Gasteiger partial charge in [-0.25, -0.2) is 0 Å². The van der Waals surface area contributed by atoms with Crippen molar-refractivity contribution >= 4 is 40.0 Å². The summed E-state index contributed by atoms with van der Waals surface area (Å²) in [6.45, 7) is 6.21. The van der Waals surface area contributed by atoms with Crippen molar-refractivity contribution in [3.05, 3.63) is 161 Å². The van der Waals surface area contributed by atoms with E-state index in [1.54, 1.807) is 0 Å². The largest absolute Gasteiger partial charge is 0.313 e. The molecule has 8 rings (SSSR count). The van der Waals surface area contributed by atoms with Crippen LogP contribution in [0, 0.1) is 34.0 Å². The van der Waals surface area contributed by atoms with E-state index in [2.05, 4.69) is 88.5 Å². The Morgan fingerprint density at radius 2 is 1.37 bits per heavy atom. The summed E-state index contributed by atoms with van der Waals surface area (Å²) in [5.41, 5.74) is 13.8. The zero-order valence-corrected chi connectivity index (χ0v) is 28.1. The second-order valence-electron chi connectivity index (χ2n) is 12.6. The van der Waals surface area contributed by atoms with Crippen molar-refractivity contribution in [3.8, 4) is 51.8 Å². The molecule has 0 unspecified atom stereocenters. The summed E-state index contributed by atoms with van der Waals surface area (Å²) in [4.78, 5) is 0. The van der Waals surface area contributed by atoms with Crippen molar-refractivity contribution < 1.29 is 0 Å². The quantitative estimate of drug-likeness (QED) is 0.179. The molecule has 5 heteroatoms. The van der Waals surface area contributed by atoms with E-state index in [0.29, 0.717) is 17.5 Å². The summed E-state index contributed by atoms with van der Waals surface area (Å²) in [5.74, 6) is 0. The van der Waals surface area contributed by atoms with Gasteiger partial charge in [0.15, 0.2) is 0 Å². The maximum absolute atomic E-state index is 10.1. The molecule has 0 aliphatic heterocycles. The van der Waals surface area contributed by atoms with E-state index in [1.807, 2.05) is 85.8 Å². The van der Waals surface area contributed by atoms with Crippen molar-refractivity contribution in [2.24, 2.45) is 0 Å². The number of nitriles is 3. The van der Waals surface area contributed by atoms with Crippen LogP contribution in [-0.2, 0) is 6.42 Å². The Balaban J connectivity index is 1.38. The van der Waals surface area contributed by atoms with Gasteiger partial charge in [-0.05, 0) is 97.1 Å². The molecule has 5 nitrogen and oxygen atoms in total. The van der Waals surface area contributed by atoms with E-state index in [9.17, 15) is 15.8 Å². The number of aromatic nitrogens is 2. The predicted octanol–water partition coefficient (Wildman–Crippen LogP) is 11.2. The van der Waals surface area contributed by atoms with Gasteiger partial charge in [0.05, 0.1) is 51.7 Å². The first kappa shape index (κ1) is 31.2. The molecule has 0 radical (unpaired) electrons. The Labute approximate surface area is 296 Å². The molecule has 0 saturated carbocycles. The van der Waals surface area contributed by atoms with Gasteiger partial charge in [-0.3, -0.25) is 0 Å². The van der Waals surface area contributed by atoms with Gasteiger partial charge in [-0.15, -0.1) is 0 Å². The minimum Gasteiger partial charge on any atom is -0.313 e. The van der Waals surface area contributed by atoms with Gasteiger partial charge in [-0.2, -0.15) is 15.8 Å². The molecular formula is C46H31N5. The van der Waals surface area contributed by atoms with Gasteiger partial charge < -0.3 is 9.13 Å². The molecule has 2 heterocycles. The zero-order chi connectivity index (χ0) is 35.1. The fourth-order valence-corrected chi connectivity index (χ4v) is 7.61. The van der Waals surface area contributed by atoms with Crippen molar-refractivity contribution in [2.75, 3.05) is 0 Å². The predicted molar refractivity (Wildman–Crippen MR) is 207 cm³/mol. The highest BCUT2D eigenvalue weighted by Crippen LogP contribution is 2.42. The Morgan fingerprint density at radius 1 is 0.667 bits per heavy atom. The fraction of sp³-hybridized carbons (Fsp3) is 0.0652. The molecule has 0 spiro atoms. The fourth-order valence-electron chi connectivity index (χ4n) is 7.61. The van der Waals surface area contributed by atoms with Crippen molar-refractivity contribution in [3.63, 3.8) is 0 Å². The number of fused-ring (bicyclic) bond motifs is 4. The molecule has 0 bridgehead atoms. The summed E-state index contributed by atoms with van der Waals surface area (Å²) < 4.78 is 4.50. The van der Waals surface area contributed by atoms with E-state index in [0.717, 1.165) is 84.2 Å². The molecule has 1 aliphatic rings. The standard InChI is InChI=1S/C46H31N5/c1-3-10-36-37-13-5-8-16-44(37)51(42(36)4-2)46-25-32(29-49)18-21-39(46)35-20-17-30(27-47)23-40(35)33-11-9-12-34(26-33)50-43-15-7-6-14-38(43)41-24-31(28-48)19-22-45(41)50/h3-18,20-21,23-26H,2,19,22H2,1H3/b10-3-. The van der Waals surface area contributed by atoms with Crippen LogP contribution in [0.1, 0.15) is 47.0 Å². The third kappa shape index (κ3) is 5.07. The Bertz CT molecular complexity index is 2760. The molecule has 2 aromatic heterocycles. The van der Waals surface area contributed by atoms with Crippen LogP contribution in [0.25, 0.3) is 73.7 Å². The molecule has 0 atom stereocenters. The lowest BCUT2D eigenvalue weighted by molar-refractivity contribution is 0.871. The maximum Gasteiger partial charge on any atom is 0.0992 e. The minimum absolute atomic E-state index is 0.546. The average molecular weight is 654 g/mol. The van der Waals surface area contributed by atoms with Gasteiger partial charge in [0.2, 0.25) is 0 Å². The van der Waals surface area contributed by atoms with Crippen LogP contribution in [-0.4, -0.2) is 9.13 Å². The number of allylic oxidation sites excluding steroid dienone is 2. The Kier molecular flexibility index (Phi) is 7.77. The van der Waals surface area contributed by atoms with Gasteiger partial charge in [-0.1, -0.05) is 79.4 Å². The highest BCUT2D eigenvalue weighted by atomic mass is 15.0. The number of nitrogens with zero attached hydrogens (tertiary/aromatic N) is 5. The summed E-state index contributed by atoms with van der Waals surface area (Å²) in [7, 11) is 0. The van der Waals surface area contributed by atoms with E-state index in [1.165, 1.54) is 5.69 Å². The van der Waals surface area contributed by atoms with Crippen LogP contribution in [0.4, 0.5) is 0 Å². The first-order chi connectivity index (χ1) is 25.1. The van der Waals surface area contributed by atoms with E-state index < -0.39 is 0 Å². The summed E-state index contributed by atoms with van der Waals surface area (Å²) in [6, 6.07) is 43.7. The van der Waals surface area contributed by atoms with Crippen LogP contribution >= 0.6 is 0 Å². The zero-order valence-electron chi connectivity index (χ0n) is 28.1. The molecule has 0 amide bonds. The third-order valence-corrected chi connectivity index (χ3v) is 9.81. The van der Waals surface area contributed by atoms with Crippen LogP contribution in [0.15, 0.2) is 127 Å². The first-order valence-corrected chi connectivity index (χ1v) is 16.9. The van der Waals surface area contributed by atoms with Crippen LogP contribution in [0.5, 0.6) is 0 Å². The second kappa shape index (κ2) is 12.7. The SMILES string of the molecule is C=Cc1c(/C=C\C)c2ccccc2n1-c1cc(C#N)ccc1-c1ccc(C#N)cc1-c1cccc(-n2c3c(c4ccccc42)C=C(C#N)CC3)c1. The molecular weight excluding hydrogens is 623 g/mol. The van der Waals surface area contributed by atoms with E-state index in [-0.39, 0.29) is 0 Å². The van der Waals surface area contributed by atoms with Crippen molar-refractivity contribution in [1.29, 1.82) is 15.8 Å². The molecule has 240 valence electrons. The normalized spacial score (nSPS) is 12.3.